The second-order valence-corrected chi connectivity index (χ2v) is 11.1. The normalized spacial score (nSPS) is 11.3. The Bertz CT molecular complexity index is 2070. The van der Waals surface area contributed by atoms with Gasteiger partial charge in [-0.1, -0.05) is 37.6 Å². The first-order valence-corrected chi connectivity index (χ1v) is 14.5. The monoisotopic (exact) mass is 641 g/mol. The molecular weight excluding hydrogens is 614 g/mol. The maximum absolute atomic E-state index is 13.8. The molecule has 0 N–H and O–H groups in total. The summed E-state index contributed by atoms with van der Waals surface area (Å²) < 4.78 is 12.4. The summed E-state index contributed by atoms with van der Waals surface area (Å²) >= 11 is 6.45. The van der Waals surface area contributed by atoms with Gasteiger partial charge in [0.1, 0.15) is 12.4 Å². The summed E-state index contributed by atoms with van der Waals surface area (Å²) in [6, 6.07) is 19.0. The largest absolute Gasteiger partial charge is 0.496 e. The fraction of sp³-hybridized carbons (Fsp3) is 0.182. The number of hydrogen-bond donors (Lipinski definition) is 0. The summed E-state index contributed by atoms with van der Waals surface area (Å²) in [7, 11) is 1.60. The zero-order valence-corrected chi connectivity index (χ0v) is 26.0. The number of nitro groups is 2. The van der Waals surface area contributed by atoms with Crippen LogP contribution < -0.4 is 15.0 Å². The Kier molecular flexibility index (Phi) is 9.10. The molecule has 0 aliphatic rings. The quantitative estimate of drug-likeness (QED) is 0.0866. The number of halogens is 1. The van der Waals surface area contributed by atoms with Gasteiger partial charge < -0.3 is 9.47 Å². The van der Waals surface area contributed by atoms with E-state index < -0.39 is 21.1 Å². The minimum absolute atomic E-state index is 0.0608. The predicted molar refractivity (Wildman–Crippen MR) is 175 cm³/mol. The Balaban J connectivity index is 1.57. The minimum atomic E-state index is -0.641. The van der Waals surface area contributed by atoms with E-state index in [0.717, 1.165) is 11.1 Å². The maximum Gasteiger partial charge on any atom is 0.313 e. The number of nitrogens with zero attached hydrogens (tertiary/aromatic N) is 5. The summed E-state index contributed by atoms with van der Waals surface area (Å²) in [5.41, 5.74) is 2.73. The van der Waals surface area contributed by atoms with Gasteiger partial charge in [0.25, 0.3) is 11.2 Å². The number of methoxy groups -OCH3 is 1. The van der Waals surface area contributed by atoms with Crippen LogP contribution in [0.5, 0.6) is 11.5 Å². The molecule has 0 aliphatic carbocycles. The van der Waals surface area contributed by atoms with E-state index in [1.54, 1.807) is 31.4 Å². The highest BCUT2D eigenvalue weighted by Crippen LogP contribution is 2.37. The number of nitro benzene ring substituents is 2. The number of ether oxygens (including phenoxy) is 2. The molecule has 5 aromatic rings. The average molecular weight is 642 g/mol. The topological polar surface area (TPSA) is 152 Å². The van der Waals surface area contributed by atoms with Crippen LogP contribution in [0.3, 0.4) is 0 Å². The smallest absolute Gasteiger partial charge is 0.313 e. The lowest BCUT2D eigenvalue weighted by atomic mass is 9.96. The number of aromatic nitrogens is 2. The molecular formula is C33H28ClN5O7. The second kappa shape index (κ2) is 13.2. The third kappa shape index (κ3) is 6.42. The molecule has 0 unspecified atom stereocenters. The van der Waals surface area contributed by atoms with E-state index in [4.69, 9.17) is 26.1 Å². The molecule has 4 aromatic carbocycles. The zero-order valence-electron chi connectivity index (χ0n) is 25.3. The fourth-order valence-electron chi connectivity index (χ4n) is 4.92. The number of fused-ring (bicyclic) bond motifs is 1. The molecule has 0 atom stereocenters. The van der Waals surface area contributed by atoms with Crippen molar-refractivity contribution in [2.75, 3.05) is 7.11 Å². The van der Waals surface area contributed by atoms with Crippen molar-refractivity contribution >= 4 is 40.1 Å². The summed E-state index contributed by atoms with van der Waals surface area (Å²) in [5.74, 6) is 0.933. The summed E-state index contributed by atoms with van der Waals surface area (Å²) in [6.07, 6.45) is 1.29. The van der Waals surface area contributed by atoms with Crippen LogP contribution in [0.1, 0.15) is 42.0 Å². The molecule has 0 radical (unpaired) electrons. The van der Waals surface area contributed by atoms with Crippen molar-refractivity contribution in [3.8, 4) is 22.9 Å². The van der Waals surface area contributed by atoms with Crippen LogP contribution in [0.4, 0.5) is 11.4 Å². The minimum Gasteiger partial charge on any atom is -0.496 e. The Morgan fingerprint density at radius 2 is 1.74 bits per heavy atom. The van der Waals surface area contributed by atoms with Gasteiger partial charge in [0, 0.05) is 29.3 Å². The van der Waals surface area contributed by atoms with Gasteiger partial charge >= 0.3 is 5.69 Å². The SMILES string of the molecule is COc1cc(C)c(-c2nc3ccccc3c(=O)n2N=Cc2cc(Cl)c(OCc3ccc([N+](=O)[O-])cc3)c([N+](=O)[O-])c2)cc1C(C)C. The van der Waals surface area contributed by atoms with Gasteiger partial charge in [0.05, 0.1) is 39.1 Å². The van der Waals surface area contributed by atoms with E-state index in [9.17, 15) is 25.0 Å². The van der Waals surface area contributed by atoms with E-state index in [-0.39, 0.29) is 40.4 Å². The fourth-order valence-corrected chi connectivity index (χ4v) is 5.20. The highest BCUT2D eigenvalue weighted by molar-refractivity contribution is 6.32. The van der Waals surface area contributed by atoms with Crippen molar-refractivity contribution in [3.05, 3.63) is 131 Å². The van der Waals surface area contributed by atoms with Crippen LogP contribution in [0, 0.1) is 27.2 Å². The average Bonchev–Trinajstić information content (AvgIpc) is 3.03. The molecule has 234 valence electrons. The lowest BCUT2D eigenvalue weighted by Crippen LogP contribution is -2.20. The lowest BCUT2D eigenvalue weighted by Gasteiger charge is -2.17. The van der Waals surface area contributed by atoms with Gasteiger partial charge in [0.15, 0.2) is 5.82 Å². The van der Waals surface area contributed by atoms with E-state index in [2.05, 4.69) is 5.10 Å². The molecule has 1 heterocycles. The van der Waals surface area contributed by atoms with E-state index in [1.807, 2.05) is 32.9 Å². The van der Waals surface area contributed by atoms with E-state index in [0.29, 0.717) is 27.8 Å². The number of non-ortho nitro benzene ring substituents is 1. The number of para-hydroxylation sites is 1. The Morgan fingerprint density at radius 3 is 2.39 bits per heavy atom. The number of benzene rings is 4. The maximum atomic E-state index is 13.8. The van der Waals surface area contributed by atoms with E-state index in [1.165, 1.54) is 47.3 Å². The Morgan fingerprint density at radius 1 is 1.02 bits per heavy atom. The van der Waals surface area contributed by atoms with Crippen LogP contribution in [0.15, 0.2) is 82.7 Å². The highest BCUT2D eigenvalue weighted by Gasteiger charge is 2.22. The van der Waals surface area contributed by atoms with Crippen molar-refractivity contribution in [3.63, 3.8) is 0 Å². The molecule has 12 nitrogen and oxygen atoms in total. The highest BCUT2D eigenvalue weighted by atomic mass is 35.5. The first kappa shape index (κ1) is 31.8. The van der Waals surface area contributed by atoms with Gasteiger partial charge in [0.2, 0.25) is 5.75 Å². The molecule has 0 aliphatic heterocycles. The second-order valence-electron chi connectivity index (χ2n) is 10.7. The molecule has 0 fully saturated rings. The summed E-state index contributed by atoms with van der Waals surface area (Å²) in [6.45, 7) is 5.83. The van der Waals surface area contributed by atoms with Crippen LogP contribution in [-0.4, -0.2) is 32.8 Å². The zero-order chi connectivity index (χ0) is 33.1. The van der Waals surface area contributed by atoms with Crippen molar-refractivity contribution in [1.29, 1.82) is 0 Å². The predicted octanol–water partition coefficient (Wildman–Crippen LogP) is 7.43. The summed E-state index contributed by atoms with van der Waals surface area (Å²) in [5, 5.41) is 27.7. The third-order valence-electron chi connectivity index (χ3n) is 7.29. The Hall–Kier alpha value is -5.62. The van der Waals surface area contributed by atoms with Gasteiger partial charge in [-0.2, -0.15) is 9.78 Å². The van der Waals surface area contributed by atoms with Crippen molar-refractivity contribution in [2.45, 2.75) is 33.3 Å². The molecule has 46 heavy (non-hydrogen) atoms. The first-order chi connectivity index (χ1) is 22.0. The van der Waals surface area contributed by atoms with Crippen molar-refractivity contribution in [1.82, 2.24) is 9.66 Å². The number of rotatable bonds is 10. The van der Waals surface area contributed by atoms with E-state index >= 15 is 0 Å². The molecule has 13 heteroatoms. The van der Waals surface area contributed by atoms with Crippen LogP contribution in [0.2, 0.25) is 5.02 Å². The van der Waals surface area contributed by atoms with Gasteiger partial charge in [-0.25, -0.2) is 4.98 Å². The molecule has 0 amide bonds. The van der Waals surface area contributed by atoms with Crippen LogP contribution in [-0.2, 0) is 6.61 Å². The standard InChI is InChI=1S/C33H28ClN5O7/c1-19(2)25-16-26(20(3)13-30(25)45-4)32-36-28-8-6-5-7-24(28)33(40)37(32)35-17-22-14-27(34)31(29(15-22)39(43)44)46-18-21-9-11-23(12-10-21)38(41)42/h5-17,19H,18H2,1-4H3. The Labute approximate surface area is 267 Å². The number of aryl methyl sites for hydroxylation is 1. The third-order valence-corrected chi connectivity index (χ3v) is 7.57. The van der Waals surface area contributed by atoms with Crippen molar-refractivity contribution in [2.24, 2.45) is 5.10 Å². The molecule has 0 saturated heterocycles. The number of hydrogen-bond acceptors (Lipinski definition) is 9. The molecule has 0 bridgehead atoms. The summed E-state index contributed by atoms with van der Waals surface area (Å²) in [4.78, 5) is 40.3. The molecule has 1 aromatic heterocycles. The van der Waals surface area contributed by atoms with Crippen LogP contribution >= 0.6 is 11.6 Å². The molecule has 5 rings (SSSR count). The lowest BCUT2D eigenvalue weighted by molar-refractivity contribution is -0.386. The first-order valence-electron chi connectivity index (χ1n) is 14.1. The molecule has 0 spiro atoms. The van der Waals surface area contributed by atoms with Gasteiger partial charge in [-0.3, -0.25) is 25.0 Å². The van der Waals surface area contributed by atoms with Gasteiger partial charge in [-0.05, 0) is 72.0 Å². The van der Waals surface area contributed by atoms with Crippen molar-refractivity contribution < 1.29 is 19.3 Å². The molecule has 0 saturated carbocycles. The van der Waals surface area contributed by atoms with Gasteiger partial charge in [-0.15, -0.1) is 0 Å². The van der Waals surface area contributed by atoms with Crippen LogP contribution in [0.25, 0.3) is 22.3 Å².